The van der Waals surface area contributed by atoms with Gasteiger partial charge < -0.3 is 0 Å². The van der Waals surface area contributed by atoms with Crippen LogP contribution in [0.4, 0.5) is 11.4 Å². The molecule has 0 fully saturated rings. The summed E-state index contributed by atoms with van der Waals surface area (Å²) in [7, 11) is -3.74. The van der Waals surface area contributed by atoms with Gasteiger partial charge >= 0.3 is 10.2 Å². The van der Waals surface area contributed by atoms with Crippen LogP contribution in [-0.4, -0.2) is 20.5 Å². The van der Waals surface area contributed by atoms with Crippen LogP contribution in [0.25, 0.3) is 0 Å². The van der Waals surface area contributed by atoms with E-state index in [1.54, 1.807) is 8.61 Å². The van der Waals surface area contributed by atoms with Gasteiger partial charge in [-0.3, -0.25) is 0 Å². The largest absolute Gasteiger partial charge is 0.326 e. The molecule has 0 radical (unpaired) electrons. The molecule has 2 unspecified atom stereocenters. The highest BCUT2D eigenvalue weighted by Gasteiger charge is 2.53. The van der Waals surface area contributed by atoms with Gasteiger partial charge in [-0.15, -0.1) is 0 Å². The molecule has 4 rings (SSSR count). The van der Waals surface area contributed by atoms with Gasteiger partial charge in [0.25, 0.3) is 0 Å². The Bertz CT molecular complexity index is 935. The van der Waals surface area contributed by atoms with Crippen molar-refractivity contribution in [3.05, 3.63) is 59.7 Å². The highest BCUT2D eigenvalue weighted by Crippen LogP contribution is 2.51. The van der Waals surface area contributed by atoms with Gasteiger partial charge in [0.2, 0.25) is 0 Å². The lowest BCUT2D eigenvalue weighted by atomic mass is 9.81. The van der Waals surface area contributed by atoms with Crippen molar-refractivity contribution < 1.29 is 8.42 Å². The van der Waals surface area contributed by atoms with Gasteiger partial charge in [0.05, 0.1) is 23.5 Å². The van der Waals surface area contributed by atoms with E-state index >= 15 is 0 Å². The third-order valence-electron chi connectivity index (χ3n) is 6.96. The number of nitrogens with zero attached hydrogens (tertiary/aromatic N) is 2. The van der Waals surface area contributed by atoms with Crippen LogP contribution in [0, 0.1) is 0 Å². The average molecular weight is 385 g/mol. The van der Waals surface area contributed by atoms with E-state index in [1.165, 1.54) is 0 Å². The third-order valence-corrected chi connectivity index (χ3v) is 8.98. The van der Waals surface area contributed by atoms with Crippen molar-refractivity contribution in [2.75, 3.05) is 8.61 Å². The minimum absolute atomic E-state index is 0.164. The van der Waals surface area contributed by atoms with Crippen molar-refractivity contribution in [2.24, 2.45) is 0 Å². The van der Waals surface area contributed by atoms with Crippen LogP contribution < -0.4 is 8.61 Å². The second-order valence-electron chi connectivity index (χ2n) is 8.93. The minimum atomic E-state index is -3.74. The molecule has 0 aromatic heterocycles. The van der Waals surface area contributed by atoms with Gasteiger partial charge in [-0.1, -0.05) is 64.1 Å². The second-order valence-corrected chi connectivity index (χ2v) is 10.6. The molecule has 0 spiro atoms. The minimum Gasteiger partial charge on any atom is -0.249 e. The zero-order chi connectivity index (χ0) is 19.8. The molecule has 0 bridgehead atoms. The van der Waals surface area contributed by atoms with Crippen molar-refractivity contribution in [1.29, 1.82) is 0 Å². The maximum atomic E-state index is 14.0. The fourth-order valence-corrected chi connectivity index (χ4v) is 6.95. The standard InChI is InChI=1S/C22H28N2O2S/c1-15-21(3,4)17-11-7-9-13-19(17)23(15)27(25,26)24-16(2)22(5,6)18-12-8-10-14-20(18)24/h7-16H,1-6H3. The quantitative estimate of drug-likeness (QED) is 0.759. The van der Waals surface area contributed by atoms with Gasteiger partial charge in [-0.2, -0.15) is 8.42 Å². The highest BCUT2D eigenvalue weighted by molar-refractivity contribution is 7.94. The summed E-state index contributed by atoms with van der Waals surface area (Å²) in [5.74, 6) is 0. The van der Waals surface area contributed by atoms with Crippen molar-refractivity contribution in [2.45, 2.75) is 64.5 Å². The summed E-state index contributed by atoms with van der Waals surface area (Å²) >= 11 is 0. The van der Waals surface area contributed by atoms with Gasteiger partial charge in [-0.25, -0.2) is 8.61 Å². The van der Waals surface area contributed by atoms with Gasteiger partial charge in [0.1, 0.15) is 0 Å². The maximum Gasteiger partial charge on any atom is 0.326 e. The predicted octanol–water partition coefficient (Wildman–Crippen LogP) is 4.60. The summed E-state index contributed by atoms with van der Waals surface area (Å²) in [6.07, 6.45) is 0. The summed E-state index contributed by atoms with van der Waals surface area (Å²) in [5.41, 5.74) is 3.26. The van der Waals surface area contributed by atoms with E-state index in [2.05, 4.69) is 27.7 Å². The first-order valence-electron chi connectivity index (χ1n) is 9.55. The van der Waals surface area contributed by atoms with E-state index in [9.17, 15) is 8.42 Å². The Morgan fingerprint density at radius 2 is 1.04 bits per heavy atom. The molecule has 2 aliphatic rings. The highest BCUT2D eigenvalue weighted by atomic mass is 32.2. The lowest BCUT2D eigenvalue weighted by molar-refractivity contribution is 0.448. The molecule has 0 saturated heterocycles. The molecule has 0 aliphatic carbocycles. The van der Waals surface area contributed by atoms with Crippen molar-refractivity contribution >= 4 is 21.6 Å². The summed E-state index contributed by atoms with van der Waals surface area (Å²) < 4.78 is 31.3. The topological polar surface area (TPSA) is 40.6 Å². The summed E-state index contributed by atoms with van der Waals surface area (Å²) in [5, 5.41) is 0. The SMILES string of the molecule is CC1N(S(=O)(=O)N2c3ccccc3C(C)(C)C2C)c2ccccc2C1(C)C. The van der Waals surface area contributed by atoms with Gasteiger partial charge in [0.15, 0.2) is 0 Å². The Morgan fingerprint density at radius 1 is 0.704 bits per heavy atom. The summed E-state index contributed by atoms with van der Waals surface area (Å²) in [4.78, 5) is 0. The molecule has 2 heterocycles. The van der Waals surface area contributed by atoms with E-state index in [-0.39, 0.29) is 22.9 Å². The Morgan fingerprint density at radius 3 is 1.41 bits per heavy atom. The predicted molar refractivity (Wildman–Crippen MR) is 112 cm³/mol. The van der Waals surface area contributed by atoms with E-state index in [0.717, 1.165) is 22.5 Å². The molecule has 2 aromatic carbocycles. The van der Waals surface area contributed by atoms with Crippen LogP contribution in [-0.2, 0) is 21.0 Å². The van der Waals surface area contributed by atoms with Crippen LogP contribution >= 0.6 is 0 Å². The number of hydrogen-bond acceptors (Lipinski definition) is 2. The number of rotatable bonds is 2. The smallest absolute Gasteiger partial charge is 0.249 e. The molecule has 2 atom stereocenters. The number of para-hydroxylation sites is 2. The van der Waals surface area contributed by atoms with Crippen LogP contribution in [0.2, 0.25) is 0 Å². The number of hydrogen-bond donors (Lipinski definition) is 0. The fraction of sp³-hybridized carbons (Fsp3) is 0.455. The Kier molecular flexibility index (Phi) is 3.74. The van der Waals surface area contributed by atoms with Gasteiger partial charge in [-0.05, 0) is 37.1 Å². The summed E-state index contributed by atoms with van der Waals surface area (Å²) in [6.45, 7) is 12.5. The number of benzene rings is 2. The fourth-order valence-electron chi connectivity index (χ4n) is 4.62. The zero-order valence-electron chi connectivity index (χ0n) is 16.9. The average Bonchev–Trinajstić information content (AvgIpc) is 2.95. The van der Waals surface area contributed by atoms with Crippen LogP contribution in [0.3, 0.4) is 0 Å². The molecule has 2 aliphatic heterocycles. The van der Waals surface area contributed by atoms with Crippen molar-refractivity contribution in [3.8, 4) is 0 Å². The van der Waals surface area contributed by atoms with E-state index in [1.807, 2.05) is 62.4 Å². The molecular weight excluding hydrogens is 356 g/mol. The summed E-state index contributed by atoms with van der Waals surface area (Å²) in [6, 6.07) is 15.4. The molecule has 0 amide bonds. The molecule has 0 N–H and O–H groups in total. The van der Waals surface area contributed by atoms with E-state index in [4.69, 9.17) is 0 Å². The molecule has 0 saturated carbocycles. The molecular formula is C22H28N2O2S. The zero-order valence-corrected chi connectivity index (χ0v) is 17.7. The van der Waals surface area contributed by atoms with Crippen molar-refractivity contribution in [1.82, 2.24) is 0 Å². The second kappa shape index (κ2) is 5.51. The molecule has 4 nitrogen and oxygen atoms in total. The monoisotopic (exact) mass is 384 g/mol. The van der Waals surface area contributed by atoms with E-state index < -0.39 is 10.2 Å². The first-order chi connectivity index (χ1) is 12.5. The molecule has 144 valence electrons. The van der Waals surface area contributed by atoms with Gasteiger partial charge in [0, 0.05) is 10.8 Å². The normalized spacial score (nSPS) is 25.4. The molecule has 5 heteroatoms. The Hall–Kier alpha value is -2.01. The lowest BCUT2D eigenvalue weighted by Crippen LogP contribution is -2.53. The van der Waals surface area contributed by atoms with Crippen LogP contribution in [0.15, 0.2) is 48.5 Å². The Balaban J connectivity index is 1.91. The first kappa shape index (κ1) is 18.4. The third kappa shape index (κ3) is 2.24. The van der Waals surface area contributed by atoms with E-state index in [0.29, 0.717) is 0 Å². The number of fused-ring (bicyclic) bond motifs is 2. The first-order valence-corrected chi connectivity index (χ1v) is 10.9. The number of anilines is 2. The van der Waals surface area contributed by atoms with Crippen LogP contribution in [0.1, 0.15) is 52.7 Å². The maximum absolute atomic E-state index is 14.0. The molecule has 27 heavy (non-hydrogen) atoms. The Labute approximate surface area is 163 Å². The van der Waals surface area contributed by atoms with Crippen LogP contribution in [0.5, 0.6) is 0 Å². The van der Waals surface area contributed by atoms with Crippen molar-refractivity contribution in [3.63, 3.8) is 0 Å². The lowest BCUT2D eigenvalue weighted by Gasteiger charge is -2.37. The molecule has 2 aromatic rings.